The first-order valence-corrected chi connectivity index (χ1v) is 8.19. The second kappa shape index (κ2) is 6.46. The highest BCUT2D eigenvalue weighted by Crippen LogP contribution is 2.34. The van der Waals surface area contributed by atoms with E-state index < -0.39 is 36.2 Å². The van der Waals surface area contributed by atoms with E-state index in [4.69, 9.17) is 9.57 Å². The van der Waals surface area contributed by atoms with Crippen LogP contribution in [-0.2, 0) is 16.1 Å². The van der Waals surface area contributed by atoms with Gasteiger partial charge in [0.15, 0.2) is 6.10 Å². The van der Waals surface area contributed by atoms with Crippen molar-refractivity contribution >= 4 is 17.8 Å². The minimum Gasteiger partial charge on any atom is -0.483 e. The van der Waals surface area contributed by atoms with Gasteiger partial charge >= 0.3 is 5.97 Å². The van der Waals surface area contributed by atoms with Gasteiger partial charge in [0, 0.05) is 0 Å². The van der Waals surface area contributed by atoms with Gasteiger partial charge in [-0.15, -0.1) is 0 Å². The minimum absolute atomic E-state index is 0.0484. The SMILES string of the molecule is O=C(ON1C(=O)c2ccccc2C1=O)C1Cc2ccccc2OC1C(F)F. The van der Waals surface area contributed by atoms with Crippen molar-refractivity contribution in [1.82, 2.24) is 5.06 Å². The third kappa shape index (κ3) is 2.83. The van der Waals surface area contributed by atoms with E-state index in [1.807, 2.05) is 0 Å². The summed E-state index contributed by atoms with van der Waals surface area (Å²) in [4.78, 5) is 42.0. The third-order valence-corrected chi connectivity index (χ3v) is 4.56. The molecule has 0 aromatic heterocycles. The van der Waals surface area contributed by atoms with Gasteiger partial charge in [0.1, 0.15) is 11.7 Å². The number of nitrogens with zero attached hydrogens (tertiary/aromatic N) is 1. The van der Waals surface area contributed by atoms with Crippen LogP contribution in [0.3, 0.4) is 0 Å². The van der Waals surface area contributed by atoms with Crippen LogP contribution in [0.2, 0.25) is 0 Å². The Morgan fingerprint density at radius 2 is 1.63 bits per heavy atom. The van der Waals surface area contributed by atoms with Crippen molar-refractivity contribution in [2.45, 2.75) is 19.0 Å². The van der Waals surface area contributed by atoms with Gasteiger partial charge in [-0.3, -0.25) is 9.59 Å². The molecule has 138 valence electrons. The molecule has 2 aromatic carbocycles. The van der Waals surface area contributed by atoms with Gasteiger partial charge in [-0.05, 0) is 30.2 Å². The Bertz CT molecular complexity index is 910. The smallest absolute Gasteiger partial charge is 0.340 e. The lowest BCUT2D eigenvalue weighted by atomic mass is 9.91. The van der Waals surface area contributed by atoms with Gasteiger partial charge in [-0.1, -0.05) is 35.4 Å². The molecule has 0 aliphatic carbocycles. The van der Waals surface area contributed by atoms with Gasteiger partial charge in [0.05, 0.1) is 11.1 Å². The molecular weight excluding hydrogens is 360 g/mol. The molecular formula is C19H13F2NO5. The zero-order valence-corrected chi connectivity index (χ0v) is 13.8. The Morgan fingerprint density at radius 1 is 1.04 bits per heavy atom. The van der Waals surface area contributed by atoms with E-state index in [9.17, 15) is 23.2 Å². The molecule has 27 heavy (non-hydrogen) atoms. The number of amides is 2. The van der Waals surface area contributed by atoms with E-state index in [0.717, 1.165) is 0 Å². The lowest BCUT2D eigenvalue weighted by molar-refractivity contribution is -0.181. The normalized spacial score (nSPS) is 20.9. The van der Waals surface area contributed by atoms with E-state index in [-0.39, 0.29) is 23.3 Å². The molecule has 2 amide bonds. The Kier molecular flexibility index (Phi) is 4.10. The van der Waals surface area contributed by atoms with E-state index >= 15 is 0 Å². The number of carbonyl (C=O) groups is 3. The molecule has 2 heterocycles. The van der Waals surface area contributed by atoms with E-state index in [1.165, 1.54) is 18.2 Å². The fraction of sp³-hybridized carbons (Fsp3) is 0.211. The fourth-order valence-corrected chi connectivity index (χ4v) is 3.22. The highest BCUT2D eigenvalue weighted by Gasteiger charge is 2.45. The van der Waals surface area contributed by atoms with Gasteiger partial charge in [-0.2, -0.15) is 0 Å². The number of hydrogen-bond acceptors (Lipinski definition) is 5. The molecule has 2 unspecified atom stereocenters. The number of carbonyl (C=O) groups excluding carboxylic acids is 3. The number of imide groups is 1. The van der Waals surface area contributed by atoms with Crippen molar-refractivity contribution in [3.05, 3.63) is 65.2 Å². The van der Waals surface area contributed by atoms with Crippen molar-refractivity contribution < 1.29 is 32.7 Å². The van der Waals surface area contributed by atoms with Crippen LogP contribution in [0.1, 0.15) is 26.3 Å². The third-order valence-electron chi connectivity index (χ3n) is 4.56. The number of ether oxygens (including phenoxy) is 1. The van der Waals surface area contributed by atoms with Crippen LogP contribution in [0.15, 0.2) is 48.5 Å². The maximum atomic E-state index is 13.4. The van der Waals surface area contributed by atoms with E-state index in [2.05, 4.69) is 0 Å². The predicted molar refractivity (Wildman–Crippen MR) is 87.1 cm³/mol. The molecule has 0 spiro atoms. The van der Waals surface area contributed by atoms with Gasteiger partial charge < -0.3 is 9.57 Å². The summed E-state index contributed by atoms with van der Waals surface area (Å²) in [5, 5.41) is 0.316. The molecule has 2 atom stereocenters. The van der Waals surface area contributed by atoms with Gasteiger partial charge in [-0.25, -0.2) is 13.6 Å². The molecule has 2 aliphatic heterocycles. The second-order valence-corrected chi connectivity index (χ2v) is 6.20. The summed E-state index contributed by atoms with van der Waals surface area (Å²) in [6.45, 7) is 0. The lowest BCUT2D eigenvalue weighted by Crippen LogP contribution is -2.46. The first-order valence-electron chi connectivity index (χ1n) is 8.19. The number of rotatable bonds is 3. The standard InChI is InChI=1S/C19H13F2NO5/c20-16(21)15-13(9-10-5-1-4-8-14(10)26-15)19(25)27-22-17(23)11-6-2-3-7-12(11)18(22)24/h1-8,13,15-16H,9H2. The molecule has 0 bridgehead atoms. The first-order chi connectivity index (χ1) is 13.0. The summed E-state index contributed by atoms with van der Waals surface area (Å²) < 4.78 is 32.1. The van der Waals surface area contributed by atoms with E-state index in [1.54, 1.807) is 30.3 Å². The minimum atomic E-state index is -2.95. The van der Waals surface area contributed by atoms with Crippen LogP contribution in [0.4, 0.5) is 8.78 Å². The summed E-state index contributed by atoms with van der Waals surface area (Å²) in [5.74, 6) is -3.83. The quantitative estimate of drug-likeness (QED) is 0.774. The molecule has 4 rings (SSSR count). The summed E-state index contributed by atoms with van der Waals surface area (Å²) in [6.07, 6.45) is -4.73. The van der Waals surface area contributed by atoms with Crippen LogP contribution >= 0.6 is 0 Å². The summed E-state index contributed by atoms with van der Waals surface area (Å²) in [6, 6.07) is 12.5. The Balaban J connectivity index is 1.58. The van der Waals surface area contributed by atoms with Crippen molar-refractivity contribution in [3.63, 3.8) is 0 Å². The number of benzene rings is 2. The molecule has 2 aromatic rings. The number of hydrogen-bond donors (Lipinski definition) is 0. The Morgan fingerprint density at radius 3 is 2.26 bits per heavy atom. The average molecular weight is 373 g/mol. The summed E-state index contributed by atoms with van der Waals surface area (Å²) >= 11 is 0. The lowest BCUT2D eigenvalue weighted by Gasteiger charge is -2.32. The summed E-state index contributed by atoms with van der Waals surface area (Å²) in [7, 11) is 0. The molecule has 2 aliphatic rings. The largest absolute Gasteiger partial charge is 0.483 e. The van der Waals surface area contributed by atoms with Crippen LogP contribution in [0, 0.1) is 5.92 Å². The summed E-state index contributed by atoms with van der Waals surface area (Å²) in [5.41, 5.74) is 0.746. The maximum Gasteiger partial charge on any atom is 0.340 e. The van der Waals surface area contributed by atoms with Crippen LogP contribution < -0.4 is 4.74 Å². The first kappa shape index (κ1) is 17.1. The molecule has 0 N–H and O–H groups in total. The van der Waals surface area contributed by atoms with E-state index in [0.29, 0.717) is 10.6 Å². The molecule has 0 fully saturated rings. The number of para-hydroxylation sites is 1. The molecule has 6 nitrogen and oxygen atoms in total. The van der Waals surface area contributed by atoms with Crippen LogP contribution in [-0.4, -0.2) is 35.4 Å². The zero-order chi connectivity index (χ0) is 19.1. The number of fused-ring (bicyclic) bond motifs is 2. The monoisotopic (exact) mass is 373 g/mol. The zero-order valence-electron chi connectivity index (χ0n) is 13.8. The maximum absolute atomic E-state index is 13.4. The van der Waals surface area contributed by atoms with Crippen molar-refractivity contribution in [2.75, 3.05) is 0 Å². The Hall–Kier alpha value is -3.29. The van der Waals surface area contributed by atoms with Gasteiger partial charge in [0.2, 0.25) is 0 Å². The fourth-order valence-electron chi connectivity index (χ4n) is 3.22. The molecule has 8 heteroatoms. The number of halogens is 2. The predicted octanol–water partition coefficient (Wildman–Crippen LogP) is 2.63. The molecule has 0 saturated carbocycles. The Labute approximate surface area is 152 Å². The second-order valence-electron chi connectivity index (χ2n) is 6.20. The number of alkyl halides is 2. The highest BCUT2D eigenvalue weighted by molar-refractivity contribution is 6.20. The average Bonchev–Trinajstić information content (AvgIpc) is 2.92. The van der Waals surface area contributed by atoms with Crippen molar-refractivity contribution in [1.29, 1.82) is 0 Å². The molecule has 0 saturated heterocycles. The van der Waals surface area contributed by atoms with Gasteiger partial charge in [0.25, 0.3) is 18.2 Å². The molecule has 0 radical (unpaired) electrons. The van der Waals surface area contributed by atoms with Crippen molar-refractivity contribution in [3.8, 4) is 5.75 Å². The van der Waals surface area contributed by atoms with Crippen LogP contribution in [0.25, 0.3) is 0 Å². The highest BCUT2D eigenvalue weighted by atomic mass is 19.3. The van der Waals surface area contributed by atoms with Crippen LogP contribution in [0.5, 0.6) is 5.75 Å². The van der Waals surface area contributed by atoms with Crippen molar-refractivity contribution in [2.24, 2.45) is 5.92 Å². The number of hydroxylamine groups is 2. The topological polar surface area (TPSA) is 72.9 Å².